The molecule has 146 valence electrons. The van der Waals surface area contributed by atoms with E-state index in [0.717, 1.165) is 32.0 Å². The van der Waals surface area contributed by atoms with Crippen molar-refractivity contribution in [3.8, 4) is 0 Å². The lowest BCUT2D eigenvalue weighted by Crippen LogP contribution is -3.25. The first kappa shape index (κ1) is 16.6. The van der Waals surface area contributed by atoms with Crippen LogP contribution in [-0.4, -0.2) is 42.9 Å². The summed E-state index contributed by atoms with van der Waals surface area (Å²) in [5.41, 5.74) is 0.818. The lowest BCUT2D eigenvalue weighted by atomic mass is 9.71. The molecule has 6 rings (SSSR count). The van der Waals surface area contributed by atoms with Gasteiger partial charge in [-0.2, -0.15) is 10.1 Å². The molecule has 6 atom stereocenters. The van der Waals surface area contributed by atoms with Crippen LogP contribution in [0.5, 0.6) is 0 Å². The molecule has 1 N–H and O–H groups in total. The lowest BCUT2D eigenvalue weighted by Gasteiger charge is -2.50. The molecule has 8 heteroatoms. The Morgan fingerprint density at radius 2 is 2.00 bits per heavy atom. The van der Waals surface area contributed by atoms with E-state index < -0.39 is 0 Å². The number of allylic oxidation sites excluding steroid dienone is 2. The summed E-state index contributed by atoms with van der Waals surface area (Å²) in [5.74, 6) is 2.39. The van der Waals surface area contributed by atoms with E-state index in [4.69, 9.17) is 9.85 Å². The molecule has 8 nitrogen and oxygen atoms in total. The Hall–Kier alpha value is -2.32. The van der Waals surface area contributed by atoms with Crippen molar-refractivity contribution < 1.29 is 14.6 Å². The van der Waals surface area contributed by atoms with Gasteiger partial charge in [-0.1, -0.05) is 17.4 Å². The summed E-state index contributed by atoms with van der Waals surface area (Å²) >= 11 is 0. The maximum absolute atomic E-state index is 11.1. The summed E-state index contributed by atoms with van der Waals surface area (Å²) in [5, 5.41) is 22.7. The van der Waals surface area contributed by atoms with Crippen LogP contribution in [0.2, 0.25) is 0 Å². The van der Waals surface area contributed by atoms with Gasteiger partial charge in [-0.3, -0.25) is 10.1 Å². The van der Waals surface area contributed by atoms with Crippen LogP contribution in [0.3, 0.4) is 0 Å². The van der Waals surface area contributed by atoms with Gasteiger partial charge in [0.1, 0.15) is 13.1 Å². The minimum Gasteiger partial charge on any atom is -0.370 e. The second-order valence-corrected chi connectivity index (χ2v) is 8.69. The Bertz CT molecular complexity index is 865. The van der Waals surface area contributed by atoms with Crippen LogP contribution in [0, 0.1) is 33.8 Å². The molecule has 2 bridgehead atoms. The summed E-state index contributed by atoms with van der Waals surface area (Å²) in [7, 11) is 0. The van der Waals surface area contributed by atoms with Gasteiger partial charge in [-0.15, -0.1) is 0 Å². The fraction of sp³-hybridized carbons (Fsp3) is 0.600. The van der Waals surface area contributed by atoms with Crippen molar-refractivity contribution in [3.63, 3.8) is 0 Å². The Labute approximate surface area is 163 Å². The number of ether oxygens (including phenoxy) is 1. The molecule has 2 saturated carbocycles. The van der Waals surface area contributed by atoms with Crippen LogP contribution in [0.15, 0.2) is 46.8 Å². The minimum absolute atomic E-state index is 0.107. The molecule has 1 saturated heterocycles. The van der Waals surface area contributed by atoms with Gasteiger partial charge in [-0.05, 0) is 42.7 Å². The van der Waals surface area contributed by atoms with Gasteiger partial charge in [0.25, 0.3) is 5.69 Å². The first-order valence-corrected chi connectivity index (χ1v) is 10.3. The quantitative estimate of drug-likeness (QED) is 0.489. The summed E-state index contributed by atoms with van der Waals surface area (Å²) in [6.45, 7) is 3.43. The van der Waals surface area contributed by atoms with E-state index in [2.05, 4.69) is 22.4 Å². The van der Waals surface area contributed by atoms with Gasteiger partial charge in [-0.25, -0.2) is 0 Å². The first-order valence-electron chi connectivity index (χ1n) is 10.3. The number of nitrogens with one attached hydrogen (secondary N) is 1. The zero-order chi connectivity index (χ0) is 18.9. The van der Waals surface area contributed by atoms with Gasteiger partial charge in [0.15, 0.2) is 6.04 Å². The van der Waals surface area contributed by atoms with Gasteiger partial charge in [0, 0.05) is 18.1 Å². The van der Waals surface area contributed by atoms with Crippen LogP contribution in [0.4, 0.5) is 11.4 Å². The second kappa shape index (κ2) is 5.84. The Morgan fingerprint density at radius 3 is 2.75 bits per heavy atom. The molecule has 0 aromatic heterocycles. The average Bonchev–Trinajstić information content (AvgIpc) is 3.46. The second-order valence-electron chi connectivity index (χ2n) is 8.69. The molecule has 3 fully saturated rings. The number of nitrogens with zero attached hydrogens (tertiary/aromatic N) is 4. The first-order chi connectivity index (χ1) is 13.7. The van der Waals surface area contributed by atoms with Crippen LogP contribution in [0.1, 0.15) is 12.8 Å². The summed E-state index contributed by atoms with van der Waals surface area (Å²) in [6.07, 6.45) is 7.16. The van der Waals surface area contributed by atoms with E-state index in [-0.39, 0.29) is 22.3 Å². The van der Waals surface area contributed by atoms with Crippen molar-refractivity contribution in [2.45, 2.75) is 24.5 Å². The van der Waals surface area contributed by atoms with Gasteiger partial charge < -0.3 is 9.64 Å². The van der Waals surface area contributed by atoms with Crippen molar-refractivity contribution in [2.24, 2.45) is 34.0 Å². The normalized spacial score (nSPS) is 40.9. The molecule has 0 unspecified atom stereocenters. The van der Waals surface area contributed by atoms with E-state index in [1.54, 1.807) is 12.1 Å². The highest BCUT2D eigenvalue weighted by Gasteiger charge is 2.75. The number of nitro benzene ring substituents is 1. The highest BCUT2D eigenvalue weighted by molar-refractivity contribution is 5.54. The summed E-state index contributed by atoms with van der Waals surface area (Å²) in [4.78, 5) is 12.2. The summed E-state index contributed by atoms with van der Waals surface area (Å²) < 4.78 is 5.66. The molecule has 3 aliphatic carbocycles. The number of fused-ring (bicyclic) bond motifs is 8. The topological polar surface area (TPSA) is 84.8 Å². The van der Waals surface area contributed by atoms with E-state index >= 15 is 0 Å². The SMILES string of the molecule is O=[N+]([O-])c1ccc(N2N=N[C@H]3[C@@H]4C[C@@H]([C@H]5C=CC[C@@H]54)[C@]32[NH+]2CCOCC2)cc1. The highest BCUT2D eigenvalue weighted by atomic mass is 16.6. The molecule has 1 aromatic carbocycles. The zero-order valence-corrected chi connectivity index (χ0v) is 15.6. The van der Waals surface area contributed by atoms with Crippen molar-refractivity contribution in [3.05, 3.63) is 46.5 Å². The third kappa shape index (κ3) is 1.97. The third-order valence-electron chi connectivity index (χ3n) is 7.81. The maximum Gasteiger partial charge on any atom is 0.269 e. The average molecular weight is 382 g/mol. The molecule has 0 amide bonds. The molecule has 2 heterocycles. The molecule has 1 aromatic rings. The predicted octanol–water partition coefficient (Wildman–Crippen LogP) is 1.60. The standard InChI is InChI=1S/C20H23N5O3/c26-25(27)14-6-4-13(5-7-14)24-20(23-8-10-28-11-9-23)18-12-17(19(20)21-22-24)15-2-1-3-16(15)18/h1,3-7,15-19H,2,8-12H2/p+1/t15-,16-,17+,18-,19-,20+/m0/s1. The van der Waals surface area contributed by atoms with E-state index in [1.165, 1.54) is 17.7 Å². The third-order valence-corrected chi connectivity index (χ3v) is 7.81. The number of rotatable bonds is 3. The predicted molar refractivity (Wildman–Crippen MR) is 101 cm³/mol. The number of hydrogen-bond acceptors (Lipinski definition) is 6. The van der Waals surface area contributed by atoms with E-state index in [0.29, 0.717) is 23.7 Å². The molecular weight excluding hydrogens is 358 g/mol. The molecule has 0 spiro atoms. The fourth-order valence-corrected chi connectivity index (χ4v) is 6.85. The van der Waals surface area contributed by atoms with E-state index in [9.17, 15) is 10.1 Å². The number of anilines is 1. The number of morpholine rings is 1. The van der Waals surface area contributed by atoms with Crippen LogP contribution < -0.4 is 9.91 Å². The highest BCUT2D eigenvalue weighted by Crippen LogP contribution is 2.63. The maximum atomic E-state index is 11.1. The Balaban J connectivity index is 1.45. The zero-order valence-electron chi connectivity index (χ0n) is 15.6. The Kier molecular flexibility index (Phi) is 3.47. The molecule has 5 aliphatic rings. The van der Waals surface area contributed by atoms with E-state index in [1.807, 2.05) is 12.1 Å². The van der Waals surface area contributed by atoms with Crippen molar-refractivity contribution >= 4 is 11.4 Å². The van der Waals surface area contributed by atoms with Gasteiger partial charge in [0.05, 0.1) is 23.8 Å². The number of non-ortho nitro benzene ring substituents is 1. The molecule has 2 aliphatic heterocycles. The fourth-order valence-electron chi connectivity index (χ4n) is 6.85. The number of quaternary nitrogens is 1. The van der Waals surface area contributed by atoms with Crippen LogP contribution >= 0.6 is 0 Å². The van der Waals surface area contributed by atoms with Gasteiger partial charge >= 0.3 is 0 Å². The number of nitro groups is 1. The monoisotopic (exact) mass is 382 g/mol. The Morgan fingerprint density at radius 1 is 1.21 bits per heavy atom. The summed E-state index contributed by atoms with van der Waals surface area (Å²) in [6, 6.07) is 7.00. The molecule has 28 heavy (non-hydrogen) atoms. The molecule has 0 radical (unpaired) electrons. The number of hydrogen-bond donors (Lipinski definition) is 1. The van der Waals surface area contributed by atoms with Gasteiger partial charge in [0.2, 0.25) is 5.66 Å². The molecular formula is C20H24N5O3+. The van der Waals surface area contributed by atoms with Crippen molar-refractivity contribution in [1.82, 2.24) is 0 Å². The lowest BCUT2D eigenvalue weighted by molar-refractivity contribution is -0.963. The van der Waals surface area contributed by atoms with Crippen molar-refractivity contribution in [2.75, 3.05) is 31.3 Å². The smallest absolute Gasteiger partial charge is 0.269 e. The minimum atomic E-state index is -0.355. The van der Waals surface area contributed by atoms with Crippen LogP contribution in [0.25, 0.3) is 0 Å². The largest absolute Gasteiger partial charge is 0.370 e. The van der Waals surface area contributed by atoms with Crippen molar-refractivity contribution in [1.29, 1.82) is 0 Å². The number of benzene rings is 1. The van der Waals surface area contributed by atoms with Crippen LogP contribution in [-0.2, 0) is 4.74 Å².